The Morgan fingerprint density at radius 3 is 2.55 bits per heavy atom. The number of aryl methyl sites for hydroxylation is 1. The number of carbonyl (C=O) groups excluding carboxylic acids is 1. The first-order chi connectivity index (χ1) is 14.0. The van der Waals surface area contributed by atoms with Crippen LogP contribution in [0.3, 0.4) is 0 Å². The zero-order valence-corrected chi connectivity index (χ0v) is 16.1. The minimum Gasteiger partial charge on any atom is -0.495 e. The van der Waals surface area contributed by atoms with Crippen molar-refractivity contribution in [1.29, 1.82) is 0 Å². The van der Waals surface area contributed by atoms with Crippen LogP contribution in [0.2, 0.25) is 0 Å². The summed E-state index contributed by atoms with van der Waals surface area (Å²) < 4.78 is 23.7. The van der Waals surface area contributed by atoms with Gasteiger partial charge >= 0.3 is 6.03 Å². The van der Waals surface area contributed by atoms with Crippen LogP contribution >= 0.6 is 0 Å². The molecule has 8 heteroatoms. The van der Waals surface area contributed by atoms with Crippen molar-refractivity contribution in [2.45, 2.75) is 6.92 Å². The molecule has 29 heavy (non-hydrogen) atoms. The number of rotatable bonds is 7. The fraction of sp³-hybridized carbons (Fsp3) is 0.190. The fourth-order valence-corrected chi connectivity index (χ4v) is 2.58. The minimum absolute atomic E-state index is 0.225. The van der Waals surface area contributed by atoms with Gasteiger partial charge in [-0.3, -0.25) is 0 Å². The van der Waals surface area contributed by atoms with Crippen LogP contribution in [0, 0.1) is 12.7 Å². The van der Waals surface area contributed by atoms with Crippen LogP contribution in [0.5, 0.6) is 11.6 Å². The summed E-state index contributed by atoms with van der Waals surface area (Å²) in [6.45, 7) is 2.43. The SMILES string of the molecule is COc1ccc(C)cc1NC(=O)NCCOc1ccc(-c2ccc(F)cc2)nn1. The van der Waals surface area contributed by atoms with E-state index < -0.39 is 0 Å². The number of amides is 2. The Bertz CT molecular complexity index is 963. The number of halogens is 1. The maximum absolute atomic E-state index is 13.0. The van der Waals surface area contributed by atoms with E-state index in [2.05, 4.69) is 20.8 Å². The lowest BCUT2D eigenvalue weighted by molar-refractivity contribution is 0.246. The average Bonchev–Trinajstić information content (AvgIpc) is 2.72. The fourth-order valence-electron chi connectivity index (χ4n) is 2.58. The monoisotopic (exact) mass is 396 g/mol. The third-order valence-electron chi connectivity index (χ3n) is 4.02. The van der Waals surface area contributed by atoms with Crippen LogP contribution in [0.25, 0.3) is 11.3 Å². The van der Waals surface area contributed by atoms with E-state index in [1.807, 2.05) is 19.1 Å². The van der Waals surface area contributed by atoms with Gasteiger partial charge in [0.1, 0.15) is 18.2 Å². The Morgan fingerprint density at radius 1 is 1.07 bits per heavy atom. The lowest BCUT2D eigenvalue weighted by atomic mass is 10.1. The van der Waals surface area contributed by atoms with Gasteiger partial charge < -0.3 is 20.1 Å². The molecule has 0 spiro atoms. The predicted molar refractivity (Wildman–Crippen MR) is 108 cm³/mol. The van der Waals surface area contributed by atoms with Gasteiger partial charge in [-0.15, -0.1) is 10.2 Å². The summed E-state index contributed by atoms with van der Waals surface area (Å²) >= 11 is 0. The van der Waals surface area contributed by atoms with Gasteiger partial charge in [0, 0.05) is 11.6 Å². The van der Waals surface area contributed by atoms with Gasteiger partial charge in [0.15, 0.2) is 0 Å². The maximum atomic E-state index is 13.0. The second-order valence-electron chi connectivity index (χ2n) is 6.20. The van der Waals surface area contributed by atoms with Crippen molar-refractivity contribution >= 4 is 11.7 Å². The number of urea groups is 1. The van der Waals surface area contributed by atoms with Crippen molar-refractivity contribution in [2.24, 2.45) is 0 Å². The molecule has 0 radical (unpaired) electrons. The summed E-state index contributed by atoms with van der Waals surface area (Å²) in [5.41, 5.74) is 2.97. The molecule has 0 aliphatic carbocycles. The van der Waals surface area contributed by atoms with Gasteiger partial charge in [0.2, 0.25) is 5.88 Å². The van der Waals surface area contributed by atoms with Gasteiger partial charge in [-0.25, -0.2) is 9.18 Å². The smallest absolute Gasteiger partial charge is 0.319 e. The minimum atomic E-state index is -0.366. The van der Waals surface area contributed by atoms with E-state index in [0.29, 0.717) is 23.0 Å². The molecular formula is C21H21FN4O3. The standard InChI is InChI=1S/C21H21FN4O3/c1-14-3-9-19(28-2)18(13-14)24-21(27)23-11-12-29-20-10-8-17(25-26-20)15-4-6-16(22)7-5-15/h3-10,13H,11-12H2,1-2H3,(H2,23,24,27). The molecule has 2 aromatic carbocycles. The molecular weight excluding hydrogens is 375 g/mol. The summed E-state index contributed by atoms with van der Waals surface area (Å²) in [5.74, 6) is 0.607. The van der Waals surface area contributed by atoms with Gasteiger partial charge in [-0.1, -0.05) is 6.07 Å². The van der Waals surface area contributed by atoms with Crippen molar-refractivity contribution in [3.63, 3.8) is 0 Å². The van der Waals surface area contributed by atoms with Crippen LogP contribution in [-0.2, 0) is 0 Å². The predicted octanol–water partition coefficient (Wildman–Crippen LogP) is 3.80. The third kappa shape index (κ3) is 5.65. The van der Waals surface area contributed by atoms with Crippen LogP contribution in [0.4, 0.5) is 14.9 Å². The molecule has 0 bridgehead atoms. The molecule has 0 atom stereocenters. The number of nitrogens with one attached hydrogen (secondary N) is 2. The van der Waals surface area contributed by atoms with E-state index in [4.69, 9.17) is 9.47 Å². The first-order valence-electron chi connectivity index (χ1n) is 8.97. The van der Waals surface area contributed by atoms with Gasteiger partial charge in [-0.2, -0.15) is 0 Å². The second-order valence-corrected chi connectivity index (χ2v) is 6.20. The highest BCUT2D eigenvalue weighted by Crippen LogP contribution is 2.25. The normalized spacial score (nSPS) is 10.3. The number of hydrogen-bond donors (Lipinski definition) is 2. The van der Waals surface area contributed by atoms with Crippen molar-refractivity contribution in [1.82, 2.24) is 15.5 Å². The molecule has 1 heterocycles. The van der Waals surface area contributed by atoms with Crippen molar-refractivity contribution in [3.05, 3.63) is 66.0 Å². The van der Waals surface area contributed by atoms with Crippen LogP contribution in [-0.4, -0.2) is 36.5 Å². The number of methoxy groups -OCH3 is 1. The number of ether oxygens (including phenoxy) is 2. The Labute approximate surface area is 167 Å². The zero-order valence-electron chi connectivity index (χ0n) is 16.1. The number of benzene rings is 2. The summed E-state index contributed by atoms with van der Waals surface area (Å²) in [6.07, 6.45) is 0. The largest absolute Gasteiger partial charge is 0.495 e. The molecule has 2 amide bonds. The summed E-state index contributed by atoms with van der Waals surface area (Å²) in [4.78, 5) is 12.0. The van der Waals surface area contributed by atoms with E-state index in [9.17, 15) is 9.18 Å². The van der Waals surface area contributed by atoms with E-state index >= 15 is 0 Å². The van der Waals surface area contributed by atoms with Crippen LogP contribution in [0.1, 0.15) is 5.56 Å². The van der Waals surface area contributed by atoms with Gasteiger partial charge in [0.05, 0.1) is 25.0 Å². The Morgan fingerprint density at radius 2 is 1.86 bits per heavy atom. The van der Waals surface area contributed by atoms with Crippen LogP contribution < -0.4 is 20.1 Å². The molecule has 0 aliphatic heterocycles. The maximum Gasteiger partial charge on any atom is 0.319 e. The summed E-state index contributed by atoms with van der Waals surface area (Å²) in [5, 5.41) is 13.5. The second kappa shape index (κ2) is 9.50. The lowest BCUT2D eigenvalue weighted by Gasteiger charge is -2.12. The number of nitrogens with zero attached hydrogens (tertiary/aromatic N) is 2. The highest BCUT2D eigenvalue weighted by molar-refractivity contribution is 5.91. The van der Waals surface area contributed by atoms with Gasteiger partial charge in [-0.05, 0) is 55.0 Å². The molecule has 0 saturated heterocycles. The molecule has 3 rings (SSSR count). The highest BCUT2D eigenvalue weighted by atomic mass is 19.1. The first-order valence-corrected chi connectivity index (χ1v) is 8.97. The summed E-state index contributed by atoms with van der Waals surface area (Å²) in [7, 11) is 1.55. The van der Waals surface area contributed by atoms with Crippen molar-refractivity contribution in [3.8, 4) is 22.9 Å². The van der Waals surface area contributed by atoms with E-state index in [0.717, 1.165) is 11.1 Å². The highest BCUT2D eigenvalue weighted by Gasteiger charge is 2.08. The average molecular weight is 396 g/mol. The van der Waals surface area contributed by atoms with Crippen LogP contribution in [0.15, 0.2) is 54.6 Å². The molecule has 0 saturated carbocycles. The number of anilines is 1. The van der Waals surface area contributed by atoms with Gasteiger partial charge in [0.25, 0.3) is 0 Å². The number of hydrogen-bond acceptors (Lipinski definition) is 5. The zero-order chi connectivity index (χ0) is 20.6. The molecule has 2 N–H and O–H groups in total. The topological polar surface area (TPSA) is 85.4 Å². The molecule has 3 aromatic rings. The summed E-state index contributed by atoms with van der Waals surface area (Å²) in [6, 6.07) is 14.6. The lowest BCUT2D eigenvalue weighted by Crippen LogP contribution is -2.32. The molecule has 7 nitrogen and oxygen atoms in total. The molecule has 0 unspecified atom stereocenters. The molecule has 0 fully saturated rings. The molecule has 1 aromatic heterocycles. The number of carbonyl (C=O) groups is 1. The molecule has 150 valence electrons. The Hall–Kier alpha value is -3.68. The van der Waals surface area contributed by atoms with E-state index in [1.165, 1.54) is 12.1 Å². The molecule has 0 aliphatic rings. The van der Waals surface area contributed by atoms with Crippen molar-refractivity contribution in [2.75, 3.05) is 25.6 Å². The quantitative estimate of drug-likeness (QED) is 0.594. The van der Waals surface area contributed by atoms with E-state index in [1.54, 1.807) is 37.4 Å². The first kappa shape index (κ1) is 20.1. The third-order valence-corrected chi connectivity index (χ3v) is 4.02. The number of aromatic nitrogens is 2. The van der Waals surface area contributed by atoms with E-state index in [-0.39, 0.29) is 25.0 Å². The van der Waals surface area contributed by atoms with Crippen molar-refractivity contribution < 1.29 is 18.7 Å². The Balaban J connectivity index is 1.45. The Kier molecular flexibility index (Phi) is 6.57.